The molecule has 0 radical (unpaired) electrons. The number of ether oxygens (including phenoxy) is 1. The van der Waals surface area contributed by atoms with Gasteiger partial charge in [0.25, 0.3) is 0 Å². The molecule has 27 heavy (non-hydrogen) atoms. The Bertz CT molecular complexity index is 737. The zero-order valence-corrected chi connectivity index (χ0v) is 17.2. The van der Waals surface area contributed by atoms with Gasteiger partial charge in [0, 0.05) is 6.54 Å². The van der Waals surface area contributed by atoms with Crippen LogP contribution in [0.4, 0.5) is 5.13 Å². The van der Waals surface area contributed by atoms with Gasteiger partial charge in [-0.2, -0.15) is 0 Å². The molecule has 0 saturated heterocycles. The first kappa shape index (κ1) is 21.2. The van der Waals surface area contributed by atoms with Crippen molar-refractivity contribution in [2.75, 3.05) is 18.2 Å². The standard InChI is InChI=1S/C18H24N4O3S2/c1-12(2)9-14(16(24)25-3)20-15(23)11-26-18-22-21-17(27-18)19-10-13-7-5-4-6-8-13/h4-8,12,14H,9-11H2,1-3H3,(H,19,21)(H,20,23)/t14-/m0/s1. The summed E-state index contributed by atoms with van der Waals surface area (Å²) in [6, 6.07) is 9.38. The van der Waals surface area contributed by atoms with Gasteiger partial charge in [0.15, 0.2) is 4.34 Å². The average Bonchev–Trinajstić information content (AvgIpc) is 3.12. The Morgan fingerprint density at radius 2 is 1.96 bits per heavy atom. The topological polar surface area (TPSA) is 93.2 Å². The lowest BCUT2D eigenvalue weighted by molar-refractivity contribution is -0.145. The summed E-state index contributed by atoms with van der Waals surface area (Å²) < 4.78 is 5.45. The summed E-state index contributed by atoms with van der Waals surface area (Å²) in [4.78, 5) is 23.9. The normalized spacial score (nSPS) is 11.9. The van der Waals surface area contributed by atoms with Crippen molar-refractivity contribution < 1.29 is 14.3 Å². The van der Waals surface area contributed by atoms with Crippen LogP contribution in [-0.4, -0.2) is 41.0 Å². The van der Waals surface area contributed by atoms with Crippen molar-refractivity contribution in [3.05, 3.63) is 35.9 Å². The summed E-state index contributed by atoms with van der Waals surface area (Å²) in [7, 11) is 1.32. The van der Waals surface area contributed by atoms with Crippen LogP contribution in [0.3, 0.4) is 0 Å². The van der Waals surface area contributed by atoms with Crippen molar-refractivity contribution >= 4 is 40.1 Å². The zero-order chi connectivity index (χ0) is 19.6. The SMILES string of the molecule is COC(=O)[C@H](CC(C)C)NC(=O)CSc1nnc(NCc2ccccc2)s1. The number of hydrogen-bond donors (Lipinski definition) is 2. The Labute approximate surface area is 167 Å². The van der Waals surface area contributed by atoms with Gasteiger partial charge in [-0.25, -0.2) is 4.79 Å². The minimum Gasteiger partial charge on any atom is -0.467 e. The third-order valence-electron chi connectivity index (χ3n) is 3.55. The van der Waals surface area contributed by atoms with E-state index in [4.69, 9.17) is 4.74 Å². The third-order valence-corrected chi connectivity index (χ3v) is 5.56. The number of benzene rings is 1. The molecule has 0 fully saturated rings. The molecule has 146 valence electrons. The summed E-state index contributed by atoms with van der Waals surface area (Å²) in [6.45, 7) is 4.64. The number of thioether (sulfide) groups is 1. The van der Waals surface area contributed by atoms with Gasteiger partial charge in [-0.1, -0.05) is 67.3 Å². The fourth-order valence-corrected chi connectivity index (χ4v) is 3.86. The van der Waals surface area contributed by atoms with E-state index in [1.807, 2.05) is 44.2 Å². The van der Waals surface area contributed by atoms with Gasteiger partial charge < -0.3 is 15.4 Å². The molecule has 1 aromatic carbocycles. The van der Waals surface area contributed by atoms with Gasteiger partial charge in [0.1, 0.15) is 6.04 Å². The summed E-state index contributed by atoms with van der Waals surface area (Å²) >= 11 is 2.68. The molecule has 1 amide bonds. The number of esters is 1. The van der Waals surface area contributed by atoms with E-state index in [1.165, 1.54) is 30.2 Å². The van der Waals surface area contributed by atoms with Crippen LogP contribution in [0, 0.1) is 5.92 Å². The van der Waals surface area contributed by atoms with E-state index in [0.717, 1.165) is 5.56 Å². The number of amides is 1. The molecule has 1 heterocycles. The van der Waals surface area contributed by atoms with E-state index >= 15 is 0 Å². The molecule has 0 aliphatic rings. The molecule has 0 aliphatic heterocycles. The van der Waals surface area contributed by atoms with E-state index < -0.39 is 12.0 Å². The highest BCUT2D eigenvalue weighted by atomic mass is 32.2. The number of anilines is 1. The van der Waals surface area contributed by atoms with Gasteiger partial charge in [-0.15, -0.1) is 10.2 Å². The Balaban J connectivity index is 1.79. The lowest BCUT2D eigenvalue weighted by Gasteiger charge is -2.17. The number of hydrogen-bond acceptors (Lipinski definition) is 8. The molecule has 0 spiro atoms. The molecule has 1 aromatic heterocycles. The number of rotatable bonds is 10. The summed E-state index contributed by atoms with van der Waals surface area (Å²) in [5, 5.41) is 14.8. The third kappa shape index (κ3) is 7.56. The van der Waals surface area contributed by atoms with Crippen molar-refractivity contribution in [2.24, 2.45) is 5.92 Å². The van der Waals surface area contributed by atoms with Gasteiger partial charge in [0.2, 0.25) is 11.0 Å². The molecule has 1 atom stereocenters. The molecule has 0 aliphatic carbocycles. The highest BCUT2D eigenvalue weighted by Crippen LogP contribution is 2.25. The van der Waals surface area contributed by atoms with Gasteiger partial charge in [0.05, 0.1) is 12.9 Å². The molecular weight excluding hydrogens is 384 g/mol. The number of carbonyl (C=O) groups is 2. The second-order valence-corrected chi connectivity index (χ2v) is 8.47. The van der Waals surface area contributed by atoms with Crippen LogP contribution in [-0.2, 0) is 20.9 Å². The van der Waals surface area contributed by atoms with Gasteiger partial charge in [-0.05, 0) is 17.9 Å². The van der Waals surface area contributed by atoms with Crippen LogP contribution in [0.25, 0.3) is 0 Å². The maximum atomic E-state index is 12.1. The first-order valence-corrected chi connectivity index (χ1v) is 10.4. The average molecular weight is 409 g/mol. The fraction of sp³-hybridized carbons (Fsp3) is 0.444. The minimum absolute atomic E-state index is 0.166. The maximum Gasteiger partial charge on any atom is 0.328 e. The molecule has 0 unspecified atom stereocenters. The van der Waals surface area contributed by atoms with E-state index in [0.29, 0.717) is 22.4 Å². The first-order valence-electron chi connectivity index (χ1n) is 8.59. The van der Waals surface area contributed by atoms with Crippen LogP contribution in [0.5, 0.6) is 0 Å². The van der Waals surface area contributed by atoms with Crippen LogP contribution < -0.4 is 10.6 Å². The maximum absolute atomic E-state index is 12.1. The molecule has 0 bridgehead atoms. The van der Waals surface area contributed by atoms with Crippen LogP contribution >= 0.6 is 23.1 Å². The lowest BCUT2D eigenvalue weighted by atomic mass is 10.0. The second kappa shape index (κ2) is 10.9. The van der Waals surface area contributed by atoms with Crippen molar-refractivity contribution in [3.63, 3.8) is 0 Å². The Hall–Kier alpha value is -2.13. The van der Waals surface area contributed by atoms with Crippen molar-refractivity contribution in [2.45, 2.75) is 37.2 Å². The predicted molar refractivity (Wildman–Crippen MR) is 108 cm³/mol. The zero-order valence-electron chi connectivity index (χ0n) is 15.6. The number of methoxy groups -OCH3 is 1. The van der Waals surface area contributed by atoms with Crippen molar-refractivity contribution in [3.8, 4) is 0 Å². The van der Waals surface area contributed by atoms with Gasteiger partial charge in [-0.3, -0.25) is 4.79 Å². The summed E-state index contributed by atoms with van der Waals surface area (Å²) in [5.74, 6) is -0.224. The first-order chi connectivity index (χ1) is 13.0. The van der Waals surface area contributed by atoms with E-state index in [2.05, 4.69) is 20.8 Å². The molecule has 2 rings (SSSR count). The van der Waals surface area contributed by atoms with E-state index in [1.54, 1.807) is 0 Å². The highest BCUT2D eigenvalue weighted by molar-refractivity contribution is 8.01. The molecular formula is C18H24N4O3S2. The molecule has 9 heteroatoms. The van der Waals surface area contributed by atoms with Crippen LogP contribution in [0.1, 0.15) is 25.8 Å². The van der Waals surface area contributed by atoms with E-state index in [-0.39, 0.29) is 17.6 Å². The highest BCUT2D eigenvalue weighted by Gasteiger charge is 2.22. The number of aromatic nitrogens is 2. The summed E-state index contributed by atoms with van der Waals surface area (Å²) in [5.41, 5.74) is 1.15. The van der Waals surface area contributed by atoms with Crippen molar-refractivity contribution in [1.29, 1.82) is 0 Å². The van der Waals surface area contributed by atoms with E-state index in [9.17, 15) is 9.59 Å². The largest absolute Gasteiger partial charge is 0.467 e. The number of nitrogens with zero attached hydrogens (tertiary/aromatic N) is 2. The van der Waals surface area contributed by atoms with Crippen LogP contribution in [0.15, 0.2) is 34.7 Å². The fourth-order valence-electron chi connectivity index (χ4n) is 2.30. The summed E-state index contributed by atoms with van der Waals surface area (Å²) in [6.07, 6.45) is 0.537. The Morgan fingerprint density at radius 1 is 1.22 bits per heavy atom. The Kier molecular flexibility index (Phi) is 8.53. The van der Waals surface area contributed by atoms with Crippen molar-refractivity contribution in [1.82, 2.24) is 15.5 Å². The smallest absolute Gasteiger partial charge is 0.328 e. The number of carbonyl (C=O) groups excluding carboxylic acids is 2. The molecule has 7 nitrogen and oxygen atoms in total. The quantitative estimate of drug-likeness (QED) is 0.461. The predicted octanol–water partition coefficient (Wildman–Crippen LogP) is 2.95. The Morgan fingerprint density at radius 3 is 2.63 bits per heavy atom. The van der Waals surface area contributed by atoms with Crippen LogP contribution in [0.2, 0.25) is 0 Å². The second-order valence-electron chi connectivity index (χ2n) is 6.27. The molecule has 2 aromatic rings. The molecule has 0 saturated carbocycles. The number of nitrogens with one attached hydrogen (secondary N) is 2. The lowest BCUT2D eigenvalue weighted by Crippen LogP contribution is -2.43. The molecule has 2 N–H and O–H groups in total. The van der Waals surface area contributed by atoms with Gasteiger partial charge >= 0.3 is 5.97 Å². The minimum atomic E-state index is -0.624. The monoisotopic (exact) mass is 408 g/mol.